The zero-order chi connectivity index (χ0) is 21.3. The number of aromatic nitrogens is 1. The highest BCUT2D eigenvalue weighted by Gasteiger charge is 2.45. The lowest BCUT2D eigenvalue weighted by Crippen LogP contribution is -2.39. The molecule has 160 valence electrons. The van der Waals surface area contributed by atoms with Gasteiger partial charge in [0.1, 0.15) is 11.8 Å². The molecule has 1 N–H and O–H groups in total. The molecule has 0 aliphatic carbocycles. The minimum atomic E-state index is -0.744. The molecule has 9 heteroatoms. The van der Waals surface area contributed by atoms with Gasteiger partial charge in [-0.05, 0) is 32.4 Å². The van der Waals surface area contributed by atoms with Gasteiger partial charge in [0.15, 0.2) is 5.76 Å². The number of ether oxygens (including phenoxy) is 1. The topological polar surface area (TPSA) is 96.1 Å². The van der Waals surface area contributed by atoms with Crippen molar-refractivity contribution in [1.29, 1.82) is 0 Å². The number of hydrogen-bond donors (Lipinski definition) is 1. The molecule has 2 aromatic heterocycles. The summed E-state index contributed by atoms with van der Waals surface area (Å²) in [4.78, 5) is 34.8. The Morgan fingerprint density at radius 2 is 2.07 bits per heavy atom. The maximum atomic E-state index is 13.3. The number of aryl methyl sites for hydroxylation is 2. The van der Waals surface area contributed by atoms with Crippen LogP contribution in [0.15, 0.2) is 34.1 Å². The summed E-state index contributed by atoms with van der Waals surface area (Å²) in [6.07, 6.45) is 2.22. The van der Waals surface area contributed by atoms with Crippen molar-refractivity contribution in [1.82, 2.24) is 14.8 Å². The van der Waals surface area contributed by atoms with E-state index in [-0.39, 0.29) is 11.4 Å². The Balaban J connectivity index is 1.58. The van der Waals surface area contributed by atoms with E-state index in [4.69, 9.17) is 9.15 Å². The third-order valence-corrected chi connectivity index (χ3v) is 6.52. The Hall–Kier alpha value is -2.49. The minimum Gasteiger partial charge on any atom is -0.503 e. The first-order valence-corrected chi connectivity index (χ1v) is 10.9. The van der Waals surface area contributed by atoms with Gasteiger partial charge in [-0.3, -0.25) is 14.5 Å². The van der Waals surface area contributed by atoms with E-state index < -0.39 is 17.7 Å². The molecule has 0 radical (unpaired) electrons. The van der Waals surface area contributed by atoms with E-state index in [1.807, 2.05) is 6.92 Å². The lowest BCUT2D eigenvalue weighted by molar-refractivity contribution is -0.129. The third-order valence-electron chi connectivity index (χ3n) is 5.45. The maximum Gasteiger partial charge on any atom is 0.290 e. The van der Waals surface area contributed by atoms with Crippen molar-refractivity contribution in [2.75, 3.05) is 39.4 Å². The quantitative estimate of drug-likeness (QED) is 0.673. The number of rotatable bonds is 7. The Bertz CT molecular complexity index is 959. The average Bonchev–Trinajstić information content (AvgIpc) is 3.43. The van der Waals surface area contributed by atoms with E-state index in [2.05, 4.69) is 9.88 Å². The highest BCUT2D eigenvalue weighted by atomic mass is 32.1. The Labute approximate surface area is 178 Å². The van der Waals surface area contributed by atoms with Gasteiger partial charge in [-0.25, -0.2) is 4.98 Å². The molecule has 1 fully saturated rings. The molecule has 0 aromatic carbocycles. The molecule has 1 atom stereocenters. The van der Waals surface area contributed by atoms with Crippen molar-refractivity contribution in [3.63, 3.8) is 0 Å². The molecule has 30 heavy (non-hydrogen) atoms. The number of amides is 1. The van der Waals surface area contributed by atoms with Crippen LogP contribution < -0.4 is 0 Å². The molecule has 1 saturated heterocycles. The summed E-state index contributed by atoms with van der Waals surface area (Å²) in [5.74, 6) is -0.958. The van der Waals surface area contributed by atoms with Crippen molar-refractivity contribution >= 4 is 23.0 Å². The molecular weight excluding hydrogens is 406 g/mol. The monoisotopic (exact) mass is 431 g/mol. The van der Waals surface area contributed by atoms with Crippen LogP contribution in [0.4, 0.5) is 0 Å². The summed E-state index contributed by atoms with van der Waals surface area (Å²) >= 11 is 1.26. The summed E-state index contributed by atoms with van der Waals surface area (Å²) in [7, 11) is 0. The number of Topliss-reactive ketones (excluding diaryl/α,β-unsaturated/α-hetero) is 1. The summed E-state index contributed by atoms with van der Waals surface area (Å²) in [5.41, 5.74) is 0.660. The summed E-state index contributed by atoms with van der Waals surface area (Å²) < 4.78 is 10.9. The molecule has 0 spiro atoms. The molecule has 2 aliphatic rings. The van der Waals surface area contributed by atoms with Crippen LogP contribution in [0, 0.1) is 13.8 Å². The fourth-order valence-electron chi connectivity index (χ4n) is 4.01. The van der Waals surface area contributed by atoms with E-state index >= 15 is 0 Å². The van der Waals surface area contributed by atoms with Crippen molar-refractivity contribution < 1.29 is 23.8 Å². The molecule has 2 aliphatic heterocycles. The first kappa shape index (κ1) is 20.8. The van der Waals surface area contributed by atoms with Gasteiger partial charge in [-0.15, -0.1) is 11.3 Å². The maximum absolute atomic E-state index is 13.3. The smallest absolute Gasteiger partial charge is 0.290 e. The molecule has 2 aromatic rings. The first-order chi connectivity index (χ1) is 14.5. The Morgan fingerprint density at radius 3 is 2.70 bits per heavy atom. The van der Waals surface area contributed by atoms with Gasteiger partial charge in [0.25, 0.3) is 5.91 Å². The molecule has 4 rings (SSSR count). The second kappa shape index (κ2) is 8.71. The fourth-order valence-corrected chi connectivity index (χ4v) is 4.89. The predicted molar refractivity (Wildman–Crippen MR) is 111 cm³/mol. The van der Waals surface area contributed by atoms with Crippen LogP contribution >= 0.6 is 11.3 Å². The Kier molecular flexibility index (Phi) is 6.03. The largest absolute Gasteiger partial charge is 0.503 e. The van der Waals surface area contributed by atoms with Gasteiger partial charge in [0.05, 0.1) is 40.6 Å². The highest BCUT2D eigenvalue weighted by Crippen LogP contribution is 2.40. The normalized spacial score (nSPS) is 20.4. The Morgan fingerprint density at radius 1 is 1.30 bits per heavy atom. The van der Waals surface area contributed by atoms with E-state index in [1.165, 1.54) is 22.5 Å². The number of ketones is 1. The van der Waals surface area contributed by atoms with Crippen molar-refractivity contribution in [2.45, 2.75) is 26.3 Å². The summed E-state index contributed by atoms with van der Waals surface area (Å²) in [6, 6.07) is 2.70. The van der Waals surface area contributed by atoms with Crippen LogP contribution in [-0.2, 0) is 9.53 Å². The zero-order valence-corrected chi connectivity index (χ0v) is 17.9. The molecule has 0 saturated carbocycles. The number of aliphatic hydroxyl groups is 1. The van der Waals surface area contributed by atoms with E-state index in [1.54, 1.807) is 19.1 Å². The standard InChI is InChI=1S/C21H25N3O5S/c1-13-20(30-14(2)22-13)18(25)16-17(15-5-3-10-29-15)24(21(27)19(16)26)7-4-6-23-8-11-28-12-9-23/h3,5,10,17,26H,4,6-9,11-12H2,1-2H3. The molecule has 0 bridgehead atoms. The van der Waals surface area contributed by atoms with Crippen molar-refractivity contribution in [2.24, 2.45) is 0 Å². The van der Waals surface area contributed by atoms with Gasteiger partial charge in [-0.1, -0.05) is 0 Å². The first-order valence-electron chi connectivity index (χ1n) is 10.0. The van der Waals surface area contributed by atoms with Gasteiger partial charge < -0.3 is 19.2 Å². The molecule has 1 amide bonds. The van der Waals surface area contributed by atoms with Crippen molar-refractivity contribution in [3.8, 4) is 0 Å². The van der Waals surface area contributed by atoms with Crippen LogP contribution in [0.25, 0.3) is 0 Å². The van der Waals surface area contributed by atoms with E-state index in [0.717, 1.165) is 31.1 Å². The predicted octanol–water partition coefficient (Wildman–Crippen LogP) is 2.65. The van der Waals surface area contributed by atoms with Crippen LogP contribution in [0.2, 0.25) is 0 Å². The van der Waals surface area contributed by atoms with Gasteiger partial charge in [0.2, 0.25) is 5.78 Å². The average molecular weight is 432 g/mol. The number of nitrogens with zero attached hydrogens (tertiary/aromatic N) is 3. The van der Waals surface area contributed by atoms with Gasteiger partial charge >= 0.3 is 0 Å². The number of carbonyl (C=O) groups excluding carboxylic acids is 2. The van der Waals surface area contributed by atoms with Crippen LogP contribution in [-0.4, -0.2) is 71.0 Å². The minimum absolute atomic E-state index is 0.0630. The third kappa shape index (κ3) is 3.92. The second-order valence-corrected chi connectivity index (χ2v) is 8.67. The zero-order valence-electron chi connectivity index (χ0n) is 17.1. The van der Waals surface area contributed by atoms with Crippen molar-refractivity contribution in [3.05, 3.63) is 51.1 Å². The summed E-state index contributed by atoms with van der Waals surface area (Å²) in [6.45, 7) is 7.97. The molecule has 1 unspecified atom stereocenters. The van der Waals surface area contributed by atoms with Crippen LogP contribution in [0.5, 0.6) is 0 Å². The molecule has 4 heterocycles. The fraction of sp³-hybridized carbons (Fsp3) is 0.476. The number of furan rings is 1. The summed E-state index contributed by atoms with van der Waals surface area (Å²) in [5, 5.41) is 11.4. The van der Waals surface area contributed by atoms with E-state index in [0.29, 0.717) is 36.1 Å². The SMILES string of the molecule is Cc1nc(C)c(C(=O)C2=C(O)C(=O)N(CCCN3CCOCC3)C2c2ccco2)s1. The molecular formula is C21H25N3O5S. The van der Waals surface area contributed by atoms with Crippen LogP contribution in [0.3, 0.4) is 0 Å². The number of carbonyl (C=O) groups is 2. The van der Waals surface area contributed by atoms with Gasteiger partial charge in [0, 0.05) is 26.2 Å². The lowest BCUT2D eigenvalue weighted by Gasteiger charge is -2.29. The molecule has 8 nitrogen and oxygen atoms in total. The number of aliphatic hydroxyl groups excluding tert-OH is 1. The second-order valence-electron chi connectivity index (χ2n) is 7.46. The number of hydrogen-bond acceptors (Lipinski definition) is 8. The lowest BCUT2D eigenvalue weighted by atomic mass is 9.99. The van der Waals surface area contributed by atoms with E-state index in [9.17, 15) is 14.7 Å². The number of thiazole rings is 1. The number of morpholine rings is 1. The van der Waals surface area contributed by atoms with Gasteiger partial charge in [-0.2, -0.15) is 0 Å². The van der Waals surface area contributed by atoms with Crippen LogP contribution in [0.1, 0.15) is 38.6 Å². The highest BCUT2D eigenvalue weighted by molar-refractivity contribution is 7.14.